The fraction of sp³-hybridized carbons (Fsp3) is 0.650. The number of rotatable bonds is 11. The zero-order chi connectivity index (χ0) is 18.5. The number of halogens is 1. The van der Waals surface area contributed by atoms with Gasteiger partial charge >= 0.3 is 0 Å². The number of anilines is 1. The SMILES string of the molecule is CCNC(=NCCCN(C)c1ccccc1)NCCCOC1CCOC1.I. The second-order valence-electron chi connectivity index (χ2n) is 6.51. The number of para-hydroxylation sites is 1. The van der Waals surface area contributed by atoms with E-state index in [9.17, 15) is 0 Å². The van der Waals surface area contributed by atoms with Crippen LogP contribution >= 0.6 is 24.0 Å². The van der Waals surface area contributed by atoms with E-state index in [-0.39, 0.29) is 24.0 Å². The van der Waals surface area contributed by atoms with E-state index in [2.05, 4.69) is 58.8 Å². The van der Waals surface area contributed by atoms with Gasteiger partial charge in [-0.1, -0.05) is 18.2 Å². The van der Waals surface area contributed by atoms with Crippen LogP contribution in [0.25, 0.3) is 0 Å². The maximum Gasteiger partial charge on any atom is 0.191 e. The molecule has 27 heavy (non-hydrogen) atoms. The summed E-state index contributed by atoms with van der Waals surface area (Å²) in [4.78, 5) is 6.92. The van der Waals surface area contributed by atoms with Crippen molar-refractivity contribution in [2.75, 3.05) is 57.9 Å². The van der Waals surface area contributed by atoms with Crippen molar-refractivity contribution in [1.82, 2.24) is 10.6 Å². The van der Waals surface area contributed by atoms with Crippen molar-refractivity contribution in [3.63, 3.8) is 0 Å². The number of nitrogens with zero attached hydrogens (tertiary/aromatic N) is 2. The predicted molar refractivity (Wildman–Crippen MR) is 124 cm³/mol. The van der Waals surface area contributed by atoms with Gasteiger partial charge in [-0.2, -0.15) is 0 Å². The first-order valence-electron chi connectivity index (χ1n) is 9.77. The normalized spacial score (nSPS) is 16.7. The molecule has 1 atom stereocenters. The van der Waals surface area contributed by atoms with Crippen LogP contribution in [0.5, 0.6) is 0 Å². The van der Waals surface area contributed by atoms with E-state index in [1.165, 1.54) is 5.69 Å². The molecule has 1 saturated heterocycles. The summed E-state index contributed by atoms with van der Waals surface area (Å²) in [6.45, 7) is 7.96. The third kappa shape index (κ3) is 10.2. The molecule has 0 amide bonds. The molecule has 1 fully saturated rings. The standard InChI is InChI=1S/C20H34N4O2.HI/c1-3-21-20(23-13-8-15-26-19-11-16-25-17-19)22-12-7-14-24(2)18-9-5-4-6-10-18;/h4-6,9-10,19H,3,7-8,11-17H2,1-2H3,(H2,21,22,23);1H. The first-order valence-corrected chi connectivity index (χ1v) is 9.77. The Hall–Kier alpha value is -1.06. The molecule has 7 heteroatoms. The zero-order valence-electron chi connectivity index (χ0n) is 16.7. The summed E-state index contributed by atoms with van der Waals surface area (Å²) in [5.74, 6) is 0.888. The summed E-state index contributed by atoms with van der Waals surface area (Å²) in [5.41, 5.74) is 1.24. The molecule has 1 unspecified atom stereocenters. The quantitative estimate of drug-likeness (QED) is 0.216. The molecule has 1 aromatic carbocycles. The van der Waals surface area contributed by atoms with E-state index in [0.717, 1.165) is 71.2 Å². The van der Waals surface area contributed by atoms with Crippen LogP contribution < -0.4 is 15.5 Å². The Morgan fingerprint density at radius 1 is 1.26 bits per heavy atom. The van der Waals surface area contributed by atoms with Gasteiger partial charge in [0.15, 0.2) is 5.96 Å². The van der Waals surface area contributed by atoms with Crippen molar-refractivity contribution >= 4 is 35.6 Å². The Morgan fingerprint density at radius 3 is 2.78 bits per heavy atom. The fourth-order valence-electron chi connectivity index (χ4n) is 2.83. The molecule has 0 bridgehead atoms. The fourth-order valence-corrected chi connectivity index (χ4v) is 2.83. The monoisotopic (exact) mass is 490 g/mol. The number of guanidine groups is 1. The molecule has 2 rings (SSSR count). The largest absolute Gasteiger partial charge is 0.379 e. The highest BCUT2D eigenvalue weighted by Crippen LogP contribution is 2.11. The minimum atomic E-state index is 0. The van der Waals surface area contributed by atoms with Crippen LogP contribution in [0.4, 0.5) is 5.69 Å². The van der Waals surface area contributed by atoms with Crippen molar-refractivity contribution in [3.8, 4) is 0 Å². The maximum absolute atomic E-state index is 5.78. The summed E-state index contributed by atoms with van der Waals surface area (Å²) in [5, 5.41) is 6.68. The van der Waals surface area contributed by atoms with Crippen LogP contribution in [0.15, 0.2) is 35.3 Å². The average molecular weight is 490 g/mol. The van der Waals surface area contributed by atoms with Gasteiger partial charge in [0.05, 0.1) is 12.7 Å². The minimum Gasteiger partial charge on any atom is -0.379 e. The van der Waals surface area contributed by atoms with Gasteiger partial charge in [0.25, 0.3) is 0 Å². The van der Waals surface area contributed by atoms with E-state index >= 15 is 0 Å². The van der Waals surface area contributed by atoms with E-state index in [1.54, 1.807) is 0 Å². The van der Waals surface area contributed by atoms with E-state index in [1.807, 2.05) is 6.07 Å². The molecule has 2 N–H and O–H groups in total. The van der Waals surface area contributed by atoms with E-state index in [4.69, 9.17) is 9.47 Å². The van der Waals surface area contributed by atoms with Crippen molar-refractivity contribution in [1.29, 1.82) is 0 Å². The van der Waals surface area contributed by atoms with E-state index in [0.29, 0.717) is 6.10 Å². The lowest BCUT2D eigenvalue weighted by atomic mass is 10.3. The smallest absolute Gasteiger partial charge is 0.191 e. The first kappa shape index (κ1) is 24.0. The third-order valence-electron chi connectivity index (χ3n) is 4.32. The molecule has 1 aromatic rings. The zero-order valence-corrected chi connectivity index (χ0v) is 19.0. The van der Waals surface area contributed by atoms with Crippen LogP contribution in [0.1, 0.15) is 26.2 Å². The third-order valence-corrected chi connectivity index (χ3v) is 4.32. The number of benzene rings is 1. The Kier molecular flexibility index (Phi) is 13.3. The van der Waals surface area contributed by atoms with Gasteiger partial charge in [0.2, 0.25) is 0 Å². The molecule has 154 valence electrons. The Balaban J connectivity index is 0.00000364. The molecule has 0 aromatic heterocycles. The molecular weight excluding hydrogens is 455 g/mol. The van der Waals surface area contributed by atoms with Crippen molar-refractivity contribution in [2.45, 2.75) is 32.3 Å². The molecule has 1 heterocycles. The van der Waals surface area contributed by atoms with Crippen LogP contribution in [-0.4, -0.2) is 65.1 Å². The first-order chi connectivity index (χ1) is 12.8. The van der Waals surface area contributed by atoms with Gasteiger partial charge in [-0.3, -0.25) is 4.99 Å². The summed E-state index contributed by atoms with van der Waals surface area (Å²) < 4.78 is 11.1. The molecule has 6 nitrogen and oxygen atoms in total. The summed E-state index contributed by atoms with van der Waals surface area (Å²) >= 11 is 0. The molecule has 1 aliphatic heterocycles. The Bertz CT molecular complexity index is 510. The second-order valence-corrected chi connectivity index (χ2v) is 6.51. The molecule has 0 spiro atoms. The number of hydrogen-bond donors (Lipinski definition) is 2. The number of ether oxygens (including phenoxy) is 2. The van der Waals surface area contributed by atoms with Gasteiger partial charge in [0.1, 0.15) is 0 Å². The highest BCUT2D eigenvalue weighted by molar-refractivity contribution is 14.0. The highest BCUT2D eigenvalue weighted by atomic mass is 127. The van der Waals surface area contributed by atoms with Crippen molar-refractivity contribution < 1.29 is 9.47 Å². The Labute approximate surface area is 181 Å². The predicted octanol–water partition coefficient (Wildman–Crippen LogP) is 2.88. The number of nitrogens with one attached hydrogen (secondary N) is 2. The van der Waals surface area contributed by atoms with Gasteiger partial charge in [-0.15, -0.1) is 24.0 Å². The lowest BCUT2D eigenvalue weighted by molar-refractivity contribution is 0.0420. The molecule has 0 saturated carbocycles. The molecule has 0 aliphatic carbocycles. The molecule has 1 aliphatic rings. The van der Waals surface area contributed by atoms with Crippen LogP contribution in [0.2, 0.25) is 0 Å². The average Bonchev–Trinajstić information content (AvgIpc) is 3.18. The molecule has 0 radical (unpaired) electrons. The van der Waals surface area contributed by atoms with Crippen molar-refractivity contribution in [3.05, 3.63) is 30.3 Å². The molecular formula is C20H35IN4O2. The van der Waals surface area contributed by atoms with Gasteiger partial charge in [-0.25, -0.2) is 0 Å². The summed E-state index contributed by atoms with van der Waals surface area (Å²) in [6, 6.07) is 10.5. The second kappa shape index (κ2) is 14.9. The summed E-state index contributed by atoms with van der Waals surface area (Å²) in [6.07, 6.45) is 3.30. The van der Waals surface area contributed by atoms with Gasteiger partial charge < -0.3 is 25.0 Å². The Morgan fingerprint density at radius 2 is 2.07 bits per heavy atom. The lowest BCUT2D eigenvalue weighted by Crippen LogP contribution is -2.38. The van der Waals surface area contributed by atoms with E-state index < -0.39 is 0 Å². The number of hydrogen-bond acceptors (Lipinski definition) is 4. The van der Waals surface area contributed by atoms with Crippen molar-refractivity contribution in [2.24, 2.45) is 4.99 Å². The maximum atomic E-state index is 5.78. The lowest BCUT2D eigenvalue weighted by Gasteiger charge is -2.18. The topological polar surface area (TPSA) is 58.1 Å². The van der Waals surface area contributed by atoms with Crippen LogP contribution in [0.3, 0.4) is 0 Å². The minimum absolute atomic E-state index is 0. The number of aliphatic imine (C=N–C) groups is 1. The summed E-state index contributed by atoms with van der Waals surface area (Å²) in [7, 11) is 2.12. The highest BCUT2D eigenvalue weighted by Gasteiger charge is 2.15. The van der Waals surface area contributed by atoms with Crippen LogP contribution in [0, 0.1) is 0 Å². The van der Waals surface area contributed by atoms with Gasteiger partial charge in [0, 0.05) is 52.1 Å². The van der Waals surface area contributed by atoms with Gasteiger partial charge in [-0.05, 0) is 38.3 Å². The van der Waals surface area contributed by atoms with Crippen LogP contribution in [-0.2, 0) is 9.47 Å².